The lowest BCUT2D eigenvalue weighted by Gasteiger charge is -2.31. The summed E-state index contributed by atoms with van der Waals surface area (Å²) in [6.07, 6.45) is 3.78. The highest BCUT2D eigenvalue weighted by Gasteiger charge is 2.17. The fourth-order valence-electron chi connectivity index (χ4n) is 3.08. The molecule has 2 fully saturated rings. The van der Waals surface area contributed by atoms with Gasteiger partial charge in [-0.2, -0.15) is 0 Å². The molecule has 2 N–H and O–H groups in total. The zero-order chi connectivity index (χ0) is 14.2. The van der Waals surface area contributed by atoms with Crippen molar-refractivity contribution >= 4 is 0 Å². The Morgan fingerprint density at radius 3 is 2.35 bits per heavy atom. The Hall–Kier alpha value is -0.200. The second-order valence-electron chi connectivity index (χ2n) is 6.24. The van der Waals surface area contributed by atoms with Crippen molar-refractivity contribution in [3.8, 4) is 0 Å². The molecule has 2 aliphatic rings. The van der Waals surface area contributed by atoms with Crippen molar-refractivity contribution in [3.05, 3.63) is 0 Å². The molecule has 0 aromatic heterocycles. The lowest BCUT2D eigenvalue weighted by atomic mass is 10.1. The van der Waals surface area contributed by atoms with E-state index in [4.69, 9.17) is 4.74 Å². The first-order chi connectivity index (χ1) is 9.74. The van der Waals surface area contributed by atoms with Gasteiger partial charge in [0.15, 0.2) is 0 Å². The smallest absolute Gasteiger partial charge is 0.0791 e. The van der Waals surface area contributed by atoms with Crippen LogP contribution in [0.5, 0.6) is 0 Å². The summed E-state index contributed by atoms with van der Waals surface area (Å²) in [5.41, 5.74) is 0. The number of hydrogen-bond acceptors (Lipinski definition) is 5. The lowest BCUT2D eigenvalue weighted by Crippen LogP contribution is -2.47. The van der Waals surface area contributed by atoms with Gasteiger partial charge in [-0.25, -0.2) is 0 Å². The molecule has 2 atom stereocenters. The number of β-amino-alcohol motifs (C(OH)–C–C–N with tert-alkyl or cyclic N) is 1. The Balaban J connectivity index is 1.55. The van der Waals surface area contributed by atoms with E-state index in [0.29, 0.717) is 12.6 Å². The first kappa shape index (κ1) is 16.2. The molecule has 0 radical (unpaired) electrons. The first-order valence-electron chi connectivity index (χ1n) is 8.18. The molecular weight excluding hydrogens is 254 g/mol. The van der Waals surface area contributed by atoms with Crippen molar-refractivity contribution < 1.29 is 9.84 Å². The van der Waals surface area contributed by atoms with Gasteiger partial charge in [-0.1, -0.05) is 6.42 Å². The van der Waals surface area contributed by atoms with Gasteiger partial charge in [0.1, 0.15) is 0 Å². The van der Waals surface area contributed by atoms with Crippen LogP contribution in [0.4, 0.5) is 0 Å². The lowest BCUT2D eigenvalue weighted by molar-refractivity contribution is 0.0143. The largest absolute Gasteiger partial charge is 0.390 e. The number of piperidine rings is 1. The number of rotatable bonds is 7. The molecule has 0 spiro atoms. The molecule has 2 rings (SSSR count). The summed E-state index contributed by atoms with van der Waals surface area (Å²) >= 11 is 0. The maximum absolute atomic E-state index is 10.1. The van der Waals surface area contributed by atoms with E-state index >= 15 is 0 Å². The van der Waals surface area contributed by atoms with Crippen molar-refractivity contribution in [1.29, 1.82) is 0 Å². The number of morpholine rings is 1. The standard InChI is InChI=1S/C15H31N3O2/c1-14(12-17-5-3-2-4-6-17)16-11-15(19)13-18-7-9-20-10-8-18/h14-16,19H,2-13H2,1H3. The number of aliphatic hydroxyl groups excluding tert-OH is 1. The summed E-state index contributed by atoms with van der Waals surface area (Å²) in [6, 6.07) is 0.451. The van der Waals surface area contributed by atoms with Crippen molar-refractivity contribution in [1.82, 2.24) is 15.1 Å². The van der Waals surface area contributed by atoms with E-state index in [2.05, 4.69) is 22.0 Å². The minimum absolute atomic E-state index is 0.281. The van der Waals surface area contributed by atoms with Gasteiger partial charge in [0.05, 0.1) is 19.3 Å². The van der Waals surface area contributed by atoms with Gasteiger partial charge < -0.3 is 20.1 Å². The van der Waals surface area contributed by atoms with E-state index < -0.39 is 0 Å². The molecule has 2 saturated heterocycles. The predicted octanol–water partition coefficient (Wildman–Crippen LogP) is 0.144. The van der Waals surface area contributed by atoms with E-state index in [0.717, 1.165) is 39.4 Å². The Kier molecular flexibility index (Phi) is 7.24. The third-order valence-electron chi connectivity index (χ3n) is 4.26. The topological polar surface area (TPSA) is 48.0 Å². The highest BCUT2D eigenvalue weighted by Crippen LogP contribution is 2.08. The van der Waals surface area contributed by atoms with Crippen LogP contribution in [0.25, 0.3) is 0 Å². The van der Waals surface area contributed by atoms with Crippen LogP contribution < -0.4 is 5.32 Å². The Labute approximate surface area is 123 Å². The van der Waals surface area contributed by atoms with Crippen LogP contribution in [0.1, 0.15) is 26.2 Å². The van der Waals surface area contributed by atoms with Crippen molar-refractivity contribution in [3.63, 3.8) is 0 Å². The average molecular weight is 285 g/mol. The molecule has 0 aromatic carbocycles. The SMILES string of the molecule is CC(CN1CCCCC1)NCC(O)CN1CCOCC1. The summed E-state index contributed by atoms with van der Waals surface area (Å²) < 4.78 is 5.32. The molecule has 2 unspecified atom stereocenters. The quantitative estimate of drug-likeness (QED) is 0.697. The third kappa shape index (κ3) is 6.06. The van der Waals surface area contributed by atoms with Crippen LogP contribution in [0.3, 0.4) is 0 Å². The van der Waals surface area contributed by atoms with Gasteiger partial charge in [0.2, 0.25) is 0 Å². The van der Waals surface area contributed by atoms with E-state index in [1.54, 1.807) is 0 Å². The number of likely N-dealkylation sites (tertiary alicyclic amines) is 1. The minimum Gasteiger partial charge on any atom is -0.390 e. The Morgan fingerprint density at radius 1 is 1.00 bits per heavy atom. The van der Waals surface area contributed by atoms with Gasteiger partial charge >= 0.3 is 0 Å². The zero-order valence-corrected chi connectivity index (χ0v) is 12.9. The van der Waals surface area contributed by atoms with Crippen LogP contribution in [0.15, 0.2) is 0 Å². The third-order valence-corrected chi connectivity index (χ3v) is 4.26. The summed E-state index contributed by atoms with van der Waals surface area (Å²) in [5.74, 6) is 0. The predicted molar refractivity (Wildman–Crippen MR) is 81.0 cm³/mol. The minimum atomic E-state index is -0.281. The molecule has 0 amide bonds. The molecule has 0 aromatic rings. The van der Waals surface area contributed by atoms with E-state index in [-0.39, 0.29) is 6.10 Å². The van der Waals surface area contributed by atoms with Crippen LogP contribution in [0.2, 0.25) is 0 Å². The number of nitrogens with zero attached hydrogens (tertiary/aromatic N) is 2. The first-order valence-corrected chi connectivity index (χ1v) is 8.18. The molecule has 2 aliphatic heterocycles. The monoisotopic (exact) mass is 285 g/mol. The van der Waals surface area contributed by atoms with E-state index in [1.807, 2.05) is 0 Å². The number of ether oxygens (including phenoxy) is 1. The normalized spacial score (nSPS) is 25.5. The molecular formula is C15H31N3O2. The van der Waals surface area contributed by atoms with E-state index in [1.165, 1.54) is 32.4 Å². The maximum Gasteiger partial charge on any atom is 0.0791 e. The van der Waals surface area contributed by atoms with Crippen LogP contribution in [-0.2, 0) is 4.74 Å². The van der Waals surface area contributed by atoms with E-state index in [9.17, 15) is 5.11 Å². The molecule has 0 aliphatic carbocycles. The molecule has 0 saturated carbocycles. The molecule has 2 heterocycles. The fourth-order valence-corrected chi connectivity index (χ4v) is 3.08. The average Bonchev–Trinajstić information content (AvgIpc) is 2.47. The summed E-state index contributed by atoms with van der Waals surface area (Å²) in [4.78, 5) is 4.82. The van der Waals surface area contributed by atoms with Gasteiger partial charge in [-0.15, -0.1) is 0 Å². The molecule has 0 bridgehead atoms. The number of hydrogen-bond donors (Lipinski definition) is 2. The van der Waals surface area contributed by atoms with Crippen LogP contribution in [0, 0.1) is 0 Å². The highest BCUT2D eigenvalue weighted by molar-refractivity contribution is 4.74. The zero-order valence-electron chi connectivity index (χ0n) is 12.9. The molecule has 20 heavy (non-hydrogen) atoms. The maximum atomic E-state index is 10.1. The fraction of sp³-hybridized carbons (Fsp3) is 1.00. The summed E-state index contributed by atoms with van der Waals surface area (Å²) in [7, 11) is 0. The molecule has 5 nitrogen and oxygen atoms in total. The number of nitrogens with one attached hydrogen (secondary N) is 1. The van der Waals surface area contributed by atoms with Crippen molar-refractivity contribution in [2.24, 2.45) is 0 Å². The van der Waals surface area contributed by atoms with Gasteiger partial charge in [0, 0.05) is 38.8 Å². The second kappa shape index (κ2) is 8.95. The van der Waals surface area contributed by atoms with Crippen LogP contribution >= 0.6 is 0 Å². The van der Waals surface area contributed by atoms with Gasteiger partial charge in [0.25, 0.3) is 0 Å². The van der Waals surface area contributed by atoms with Gasteiger partial charge in [-0.3, -0.25) is 4.90 Å². The highest BCUT2D eigenvalue weighted by atomic mass is 16.5. The number of aliphatic hydroxyl groups is 1. The molecule has 5 heteroatoms. The Bertz CT molecular complexity index is 228. The van der Waals surface area contributed by atoms with Crippen LogP contribution in [-0.4, -0.2) is 86.1 Å². The summed E-state index contributed by atoms with van der Waals surface area (Å²) in [6.45, 7) is 10.7. The van der Waals surface area contributed by atoms with Crippen molar-refractivity contribution in [2.75, 3.05) is 59.0 Å². The Morgan fingerprint density at radius 2 is 1.65 bits per heavy atom. The second-order valence-corrected chi connectivity index (χ2v) is 6.24. The summed E-state index contributed by atoms with van der Waals surface area (Å²) in [5, 5.41) is 13.6. The van der Waals surface area contributed by atoms with Crippen molar-refractivity contribution in [2.45, 2.75) is 38.3 Å². The molecule has 118 valence electrons. The van der Waals surface area contributed by atoms with Gasteiger partial charge in [-0.05, 0) is 32.9 Å².